The number of amides is 1. The lowest BCUT2D eigenvalue weighted by Crippen LogP contribution is -2.25. The second kappa shape index (κ2) is 7.56. The van der Waals surface area contributed by atoms with Crippen LogP contribution in [0.5, 0.6) is 5.75 Å². The molecule has 1 N–H and O–H groups in total. The Morgan fingerprint density at radius 3 is 2.64 bits per heavy atom. The molecular formula is C21H21N5O2. The van der Waals surface area contributed by atoms with Gasteiger partial charge in [-0.2, -0.15) is 5.10 Å². The van der Waals surface area contributed by atoms with E-state index in [0.29, 0.717) is 12.2 Å². The van der Waals surface area contributed by atoms with Crippen molar-refractivity contribution in [3.05, 3.63) is 72.3 Å². The minimum atomic E-state index is -0.234. The Morgan fingerprint density at radius 1 is 1.11 bits per heavy atom. The zero-order valence-electron chi connectivity index (χ0n) is 15.8. The van der Waals surface area contributed by atoms with Crippen LogP contribution in [0.15, 0.2) is 60.8 Å². The van der Waals surface area contributed by atoms with E-state index in [4.69, 9.17) is 4.74 Å². The highest BCUT2D eigenvalue weighted by Crippen LogP contribution is 2.16. The molecule has 0 atom stereocenters. The van der Waals surface area contributed by atoms with Gasteiger partial charge in [0.1, 0.15) is 11.6 Å². The quantitative estimate of drug-likeness (QED) is 0.562. The van der Waals surface area contributed by atoms with Crippen molar-refractivity contribution in [2.45, 2.75) is 20.0 Å². The number of aromatic nitrogens is 4. The Morgan fingerprint density at radius 2 is 1.89 bits per heavy atom. The maximum Gasteiger partial charge on any atom is 0.272 e. The normalized spacial score (nSPS) is 10.9. The molecule has 7 nitrogen and oxygen atoms in total. The standard InChI is InChI=1S/C21H21N5O2/c1-3-25-19-7-5-4-6-17(19)23-20(25)14-22-21(27)18-12-13-26(24-18)15-8-10-16(28-2)11-9-15/h4-13H,3,14H2,1-2H3,(H,22,27). The summed E-state index contributed by atoms with van der Waals surface area (Å²) in [5, 5.41) is 7.29. The SMILES string of the molecule is CCn1c(CNC(=O)c2ccn(-c3ccc(OC)cc3)n2)nc2ccccc21. The molecule has 2 aromatic heterocycles. The molecule has 28 heavy (non-hydrogen) atoms. The smallest absolute Gasteiger partial charge is 0.272 e. The van der Waals surface area contributed by atoms with Crippen LogP contribution in [0.4, 0.5) is 0 Å². The number of nitrogens with zero attached hydrogens (tertiary/aromatic N) is 4. The van der Waals surface area contributed by atoms with Gasteiger partial charge in [0.25, 0.3) is 5.91 Å². The predicted octanol–water partition coefficient (Wildman–Crippen LogP) is 3.18. The molecule has 0 fully saturated rings. The molecule has 0 aliphatic heterocycles. The van der Waals surface area contributed by atoms with Gasteiger partial charge in [0.2, 0.25) is 0 Å². The summed E-state index contributed by atoms with van der Waals surface area (Å²) in [5.74, 6) is 1.36. The molecule has 0 bridgehead atoms. The Bertz CT molecular complexity index is 1110. The van der Waals surface area contributed by atoms with Gasteiger partial charge in [0.15, 0.2) is 5.69 Å². The van der Waals surface area contributed by atoms with Crippen LogP contribution in [-0.4, -0.2) is 32.3 Å². The maximum atomic E-state index is 12.5. The number of carbonyl (C=O) groups excluding carboxylic acids is 1. The molecule has 0 aliphatic rings. The zero-order valence-corrected chi connectivity index (χ0v) is 15.8. The van der Waals surface area contributed by atoms with Gasteiger partial charge in [0.05, 0.1) is 30.4 Å². The number of ether oxygens (including phenoxy) is 1. The minimum absolute atomic E-state index is 0.234. The molecule has 0 aliphatic carbocycles. The number of fused-ring (bicyclic) bond motifs is 1. The average molecular weight is 375 g/mol. The molecule has 2 heterocycles. The Balaban J connectivity index is 1.48. The van der Waals surface area contributed by atoms with Crippen molar-refractivity contribution in [1.82, 2.24) is 24.6 Å². The summed E-state index contributed by atoms with van der Waals surface area (Å²) < 4.78 is 8.93. The van der Waals surface area contributed by atoms with Crippen molar-refractivity contribution in [3.8, 4) is 11.4 Å². The molecule has 7 heteroatoms. The minimum Gasteiger partial charge on any atom is -0.497 e. The van der Waals surface area contributed by atoms with Crippen molar-refractivity contribution in [2.24, 2.45) is 0 Å². The molecule has 0 radical (unpaired) electrons. The van der Waals surface area contributed by atoms with E-state index in [1.54, 1.807) is 24.1 Å². The number of hydrogen-bond acceptors (Lipinski definition) is 4. The highest BCUT2D eigenvalue weighted by atomic mass is 16.5. The molecule has 142 valence electrons. The zero-order chi connectivity index (χ0) is 19.5. The fourth-order valence-corrected chi connectivity index (χ4v) is 3.19. The van der Waals surface area contributed by atoms with Gasteiger partial charge in [-0.3, -0.25) is 4.79 Å². The Kier molecular flexibility index (Phi) is 4.80. The number of aryl methyl sites for hydroxylation is 1. The summed E-state index contributed by atoms with van der Waals surface area (Å²) in [5.41, 5.74) is 3.21. The summed E-state index contributed by atoms with van der Waals surface area (Å²) in [7, 11) is 1.62. The fourth-order valence-electron chi connectivity index (χ4n) is 3.19. The van der Waals surface area contributed by atoms with E-state index in [9.17, 15) is 4.79 Å². The first-order chi connectivity index (χ1) is 13.7. The van der Waals surface area contributed by atoms with Gasteiger partial charge in [-0.1, -0.05) is 12.1 Å². The summed E-state index contributed by atoms with van der Waals surface area (Å²) >= 11 is 0. The second-order valence-corrected chi connectivity index (χ2v) is 6.29. The van der Waals surface area contributed by atoms with Crippen LogP contribution in [-0.2, 0) is 13.1 Å². The number of imidazole rings is 1. The lowest BCUT2D eigenvalue weighted by Gasteiger charge is -2.07. The molecule has 0 saturated heterocycles. The van der Waals surface area contributed by atoms with Crippen LogP contribution in [0.3, 0.4) is 0 Å². The highest BCUT2D eigenvalue weighted by molar-refractivity contribution is 5.92. The number of methoxy groups -OCH3 is 1. The highest BCUT2D eigenvalue weighted by Gasteiger charge is 2.13. The van der Waals surface area contributed by atoms with Crippen molar-refractivity contribution < 1.29 is 9.53 Å². The van der Waals surface area contributed by atoms with Crippen LogP contribution in [0.2, 0.25) is 0 Å². The molecule has 4 rings (SSSR count). The maximum absolute atomic E-state index is 12.5. The van der Waals surface area contributed by atoms with Crippen LogP contribution in [0.25, 0.3) is 16.7 Å². The summed E-state index contributed by atoms with van der Waals surface area (Å²) in [6.45, 7) is 3.20. The van der Waals surface area contributed by atoms with Gasteiger partial charge in [-0.25, -0.2) is 9.67 Å². The van der Waals surface area contributed by atoms with Crippen molar-refractivity contribution in [1.29, 1.82) is 0 Å². The van der Waals surface area contributed by atoms with Gasteiger partial charge in [0, 0.05) is 12.7 Å². The van der Waals surface area contributed by atoms with Crippen molar-refractivity contribution in [2.75, 3.05) is 7.11 Å². The second-order valence-electron chi connectivity index (χ2n) is 6.29. The predicted molar refractivity (Wildman–Crippen MR) is 107 cm³/mol. The lowest BCUT2D eigenvalue weighted by molar-refractivity contribution is 0.0944. The number of benzene rings is 2. The van der Waals surface area contributed by atoms with Crippen LogP contribution in [0, 0.1) is 0 Å². The van der Waals surface area contributed by atoms with E-state index in [0.717, 1.165) is 34.8 Å². The van der Waals surface area contributed by atoms with E-state index in [2.05, 4.69) is 26.9 Å². The van der Waals surface area contributed by atoms with Crippen LogP contribution >= 0.6 is 0 Å². The van der Waals surface area contributed by atoms with Crippen molar-refractivity contribution >= 4 is 16.9 Å². The first-order valence-electron chi connectivity index (χ1n) is 9.12. The van der Waals surface area contributed by atoms with E-state index in [1.165, 1.54) is 0 Å². The number of para-hydroxylation sites is 2. The number of nitrogens with one attached hydrogen (secondary N) is 1. The summed E-state index contributed by atoms with van der Waals surface area (Å²) in [6, 6.07) is 17.1. The number of carbonyl (C=O) groups is 1. The number of rotatable bonds is 6. The molecule has 0 unspecified atom stereocenters. The lowest BCUT2D eigenvalue weighted by atomic mass is 10.3. The molecule has 4 aromatic rings. The fraction of sp³-hybridized carbons (Fsp3) is 0.190. The molecule has 1 amide bonds. The van der Waals surface area contributed by atoms with E-state index in [-0.39, 0.29) is 5.91 Å². The van der Waals surface area contributed by atoms with E-state index in [1.807, 2.05) is 48.5 Å². The Labute approximate surface area is 162 Å². The number of hydrogen-bond donors (Lipinski definition) is 1. The Hall–Kier alpha value is -3.61. The van der Waals surface area contributed by atoms with Gasteiger partial charge < -0.3 is 14.6 Å². The van der Waals surface area contributed by atoms with Crippen LogP contribution in [0.1, 0.15) is 23.2 Å². The third-order valence-corrected chi connectivity index (χ3v) is 4.62. The van der Waals surface area contributed by atoms with Gasteiger partial charge in [-0.05, 0) is 49.4 Å². The summed E-state index contributed by atoms with van der Waals surface area (Å²) in [6.07, 6.45) is 1.76. The first-order valence-corrected chi connectivity index (χ1v) is 9.12. The largest absolute Gasteiger partial charge is 0.497 e. The molecule has 2 aromatic carbocycles. The molecule has 0 spiro atoms. The topological polar surface area (TPSA) is 74.0 Å². The van der Waals surface area contributed by atoms with Crippen molar-refractivity contribution in [3.63, 3.8) is 0 Å². The van der Waals surface area contributed by atoms with Crippen LogP contribution < -0.4 is 10.1 Å². The van der Waals surface area contributed by atoms with E-state index < -0.39 is 0 Å². The summed E-state index contributed by atoms with van der Waals surface area (Å²) in [4.78, 5) is 17.2. The third-order valence-electron chi connectivity index (χ3n) is 4.62. The first kappa shape index (κ1) is 17.8. The third kappa shape index (κ3) is 3.34. The molecule has 0 saturated carbocycles. The van der Waals surface area contributed by atoms with Gasteiger partial charge >= 0.3 is 0 Å². The monoisotopic (exact) mass is 375 g/mol. The van der Waals surface area contributed by atoms with E-state index >= 15 is 0 Å². The molecular weight excluding hydrogens is 354 g/mol. The van der Waals surface area contributed by atoms with Gasteiger partial charge in [-0.15, -0.1) is 0 Å². The average Bonchev–Trinajstić information content (AvgIpc) is 3.36.